The number of nitrogens with two attached hydrogens (primary N) is 1. The highest BCUT2D eigenvalue weighted by Gasteiger charge is 2.44. The molecule has 4 aromatic rings. The topological polar surface area (TPSA) is 375 Å². The summed E-state index contributed by atoms with van der Waals surface area (Å²) in [6.07, 6.45) is 4.37. The van der Waals surface area contributed by atoms with Gasteiger partial charge in [0.05, 0.1) is 28.8 Å². The van der Waals surface area contributed by atoms with Crippen molar-refractivity contribution in [2.24, 2.45) is 5.73 Å². The van der Waals surface area contributed by atoms with E-state index in [0.717, 1.165) is 34.4 Å². The number of unbranched alkanes of at least 4 members (excludes halogenated alkanes) is 1. The Morgan fingerprint density at radius 3 is 1.46 bits per heavy atom. The Labute approximate surface area is 561 Å². The van der Waals surface area contributed by atoms with Crippen molar-refractivity contribution >= 4 is 75.0 Å². The van der Waals surface area contributed by atoms with E-state index in [0.29, 0.717) is 81.9 Å². The van der Waals surface area contributed by atoms with Gasteiger partial charge in [0.1, 0.15) is 36.0 Å². The highest BCUT2D eigenvalue weighted by Crippen LogP contribution is 2.35. The average Bonchev–Trinajstić information content (AvgIpc) is 0.986. The molecule has 2 aliphatic heterocycles. The lowest BCUT2D eigenvalue weighted by atomic mass is 9.78. The summed E-state index contributed by atoms with van der Waals surface area (Å²) in [5.74, 6) is -6.60. The molecule has 0 unspecified atom stereocenters. The van der Waals surface area contributed by atoms with Crippen LogP contribution in [0.4, 0.5) is 8.28 Å². The molecule has 0 aromatic heterocycles. The van der Waals surface area contributed by atoms with Gasteiger partial charge in [0.15, 0.2) is 0 Å². The van der Waals surface area contributed by atoms with Gasteiger partial charge in [-0.3, -0.25) is 43.2 Å². The molecule has 2 heterocycles. The molecule has 4 aromatic carbocycles. The first-order valence-electron chi connectivity index (χ1n) is 32.3. The van der Waals surface area contributed by atoms with Gasteiger partial charge < -0.3 is 68.7 Å². The molecule has 520 valence electrons. The lowest BCUT2D eigenvalue weighted by Gasteiger charge is -2.36. The minimum atomic E-state index is -4.91. The fourth-order valence-corrected chi connectivity index (χ4v) is 13.2. The van der Waals surface area contributed by atoms with E-state index in [9.17, 15) is 59.8 Å². The number of hydrogen-bond donors (Lipinski definition) is 11. The molecule has 9 amide bonds. The van der Waals surface area contributed by atoms with Crippen LogP contribution in [-0.4, -0.2) is 181 Å². The van der Waals surface area contributed by atoms with Gasteiger partial charge in [-0.25, -0.2) is 4.39 Å². The number of hydrogen-bond acceptors (Lipinski definition) is 17. The van der Waals surface area contributed by atoms with E-state index < -0.39 is 140 Å². The second-order valence-electron chi connectivity index (χ2n) is 24.5. The van der Waals surface area contributed by atoms with Crippen molar-refractivity contribution in [2.45, 2.75) is 169 Å². The summed E-state index contributed by atoms with van der Waals surface area (Å²) in [5.41, 5.74) is 10.5. The minimum Gasteiger partial charge on any atom is -0.368 e. The van der Waals surface area contributed by atoms with E-state index in [-0.39, 0.29) is 57.4 Å². The number of carbonyl (C=O) groups is 9. The standard InChI is InChI=1S/C66H87F2N13O11S.O2S/c1-39(70-3)59(83)78-52(37-72-35-41-20-26-45(67)27-21-41)65(89)80-33-11-18-54(80)61(85)75-49-30-24-43-13-5-7-15-47(43)56(49)63(87)74-32-10-9-17-51(58(69)82)77-64(88)57-48-16-8-6-14-44(48)25-31-50(57)76-62(86)55-19-12-34-81(55)66(90)53(79-60(84)40(2)71-4)38-73-36-42-22-28-46(29-23-42)93(68,91)92;1-3-2/h5-8,13-16,20-23,26-29,39-40,49-57,70-73H,9-12,17-19,24-25,30-38H2,1-4H3,(H2,69,82)(H,74,87)(H,75,85)(H,76,86)(H,77,88)(H,78,83)(H,79,84);/t39-,40-,49+,50+,51-,52-,53-,54-,55-,56-,57-;/m0./s1. The van der Waals surface area contributed by atoms with E-state index in [4.69, 9.17) is 14.2 Å². The van der Waals surface area contributed by atoms with Crippen molar-refractivity contribution < 1.29 is 68.3 Å². The molecule has 11 atom stereocenters. The van der Waals surface area contributed by atoms with Gasteiger partial charge in [-0.2, -0.15) is 16.8 Å². The Kier molecular flexibility index (Phi) is 28.2. The summed E-state index contributed by atoms with van der Waals surface area (Å²) in [6, 6.07) is 18.0. The molecule has 30 heteroatoms. The number of nitrogens with zero attached hydrogens (tertiary/aromatic N) is 2. The Morgan fingerprint density at radius 1 is 0.583 bits per heavy atom. The zero-order valence-corrected chi connectivity index (χ0v) is 55.8. The van der Waals surface area contributed by atoms with Gasteiger partial charge in [0, 0.05) is 57.9 Å². The first-order valence-corrected chi connectivity index (χ1v) is 34.3. The van der Waals surface area contributed by atoms with E-state index in [2.05, 4.69) is 53.2 Å². The van der Waals surface area contributed by atoms with Crippen LogP contribution in [0.2, 0.25) is 0 Å². The number of amides is 9. The highest BCUT2D eigenvalue weighted by atomic mass is 32.3. The molecule has 2 saturated heterocycles. The van der Waals surface area contributed by atoms with Crippen molar-refractivity contribution in [2.75, 3.05) is 46.8 Å². The van der Waals surface area contributed by atoms with Gasteiger partial charge in [-0.1, -0.05) is 72.8 Å². The molecule has 2 fully saturated rings. The van der Waals surface area contributed by atoms with Crippen molar-refractivity contribution in [3.8, 4) is 0 Å². The van der Waals surface area contributed by atoms with Crippen LogP contribution in [0.15, 0.2) is 102 Å². The summed E-state index contributed by atoms with van der Waals surface area (Å²) >= 11 is -0.750. The maximum Gasteiger partial charge on any atom is 0.335 e. The second kappa shape index (κ2) is 36.1. The normalized spacial score (nSPS) is 20.4. The lowest BCUT2D eigenvalue weighted by molar-refractivity contribution is -0.142. The summed E-state index contributed by atoms with van der Waals surface area (Å²) in [4.78, 5) is 128. The Hall–Kier alpha value is -8.42. The number of nitrogens with one attached hydrogen (secondary N) is 10. The van der Waals surface area contributed by atoms with Gasteiger partial charge in [-0.05, 0) is 156 Å². The quantitative estimate of drug-likeness (QED) is 0.0251. The van der Waals surface area contributed by atoms with Crippen molar-refractivity contribution in [1.82, 2.24) is 63.0 Å². The average molecular weight is 1370 g/mol. The van der Waals surface area contributed by atoms with E-state index in [1.165, 1.54) is 34.1 Å². The molecule has 4 aliphatic rings. The fourth-order valence-electron chi connectivity index (χ4n) is 12.7. The molecule has 26 nitrogen and oxygen atoms in total. The van der Waals surface area contributed by atoms with Crippen LogP contribution in [-0.2, 0) is 90.9 Å². The summed E-state index contributed by atoms with van der Waals surface area (Å²) in [7, 11) is -1.69. The third-order valence-electron chi connectivity index (χ3n) is 18.2. The molecule has 0 spiro atoms. The molecule has 0 saturated carbocycles. The van der Waals surface area contributed by atoms with E-state index in [1.807, 2.05) is 36.4 Å². The molecular weight excluding hydrogens is 1280 g/mol. The first kappa shape index (κ1) is 75.0. The number of rotatable bonds is 30. The molecule has 2 aliphatic carbocycles. The van der Waals surface area contributed by atoms with Crippen molar-refractivity contribution in [1.29, 1.82) is 0 Å². The van der Waals surface area contributed by atoms with Crippen LogP contribution in [0.25, 0.3) is 0 Å². The van der Waals surface area contributed by atoms with Crippen LogP contribution in [0.5, 0.6) is 0 Å². The Bertz CT molecular complexity index is 3550. The number of primary amides is 1. The highest BCUT2D eigenvalue weighted by molar-refractivity contribution is 7.86. The zero-order valence-electron chi connectivity index (χ0n) is 54.2. The van der Waals surface area contributed by atoms with Crippen LogP contribution in [0, 0.1) is 5.82 Å². The van der Waals surface area contributed by atoms with Crippen LogP contribution in [0.3, 0.4) is 0 Å². The van der Waals surface area contributed by atoms with E-state index in [1.54, 1.807) is 52.2 Å². The summed E-state index contributed by atoms with van der Waals surface area (Å²) in [6.45, 7) is 4.30. The molecule has 12 N–H and O–H groups in total. The Balaban J connectivity index is 0.00000425. The minimum absolute atomic E-state index is 0.0327. The lowest BCUT2D eigenvalue weighted by Crippen LogP contribution is -2.59. The van der Waals surface area contributed by atoms with Crippen LogP contribution in [0.1, 0.15) is 117 Å². The van der Waals surface area contributed by atoms with E-state index >= 15 is 0 Å². The number of fused-ring (bicyclic) bond motifs is 2. The molecular formula is C66H87F2N13O13S2. The monoisotopic (exact) mass is 1370 g/mol. The maximum absolute atomic E-state index is 14.6. The number of aryl methyl sites for hydroxylation is 2. The predicted molar refractivity (Wildman–Crippen MR) is 351 cm³/mol. The maximum atomic E-state index is 14.6. The fraction of sp³-hybridized carbons (Fsp3) is 0.500. The molecule has 0 bridgehead atoms. The van der Waals surface area contributed by atoms with Crippen LogP contribution >= 0.6 is 0 Å². The van der Waals surface area contributed by atoms with Crippen molar-refractivity contribution in [3.63, 3.8) is 0 Å². The summed E-state index contributed by atoms with van der Waals surface area (Å²) in [5, 5.41) is 29.7. The zero-order chi connectivity index (χ0) is 69.6. The number of likely N-dealkylation sites (tertiary alicyclic amines) is 2. The van der Waals surface area contributed by atoms with Crippen LogP contribution < -0.4 is 58.9 Å². The number of likely N-dealkylation sites (N-methyl/N-ethyl adjacent to an activating group) is 2. The molecule has 0 radical (unpaired) electrons. The predicted octanol–water partition coefficient (Wildman–Crippen LogP) is 0.547. The number of benzene rings is 4. The second-order valence-corrected chi connectivity index (χ2v) is 26.0. The SMILES string of the molecule is CN[C@@H](C)C(=O)N[C@@H](CNCc1ccc(F)cc1)C(=O)N1CCC[C@H]1C(=O)N[C@@H]1CCc2ccccc2[C@@H]1C(=O)NCCCC[C@H](NC(=O)[C@H]1c2ccccc2CC[C@H]1NC(=O)[C@@H]1CCCN1C(=O)[C@H](CNCc1ccc(S(=O)(=O)F)cc1)NC(=O)[C@H](C)NC)C(N)=O.O=S=O. The third kappa shape index (κ3) is 20.3. The number of carbonyl (C=O) groups excluding carboxylic acids is 9. The smallest absolute Gasteiger partial charge is 0.335 e. The van der Waals surface area contributed by atoms with Gasteiger partial charge in [0.25, 0.3) is 0 Å². The largest absolute Gasteiger partial charge is 0.368 e. The van der Waals surface area contributed by atoms with Gasteiger partial charge >= 0.3 is 21.8 Å². The van der Waals surface area contributed by atoms with Gasteiger partial charge in [-0.15, -0.1) is 3.89 Å². The van der Waals surface area contributed by atoms with Gasteiger partial charge in [0.2, 0.25) is 53.2 Å². The van der Waals surface area contributed by atoms with Crippen molar-refractivity contribution in [3.05, 3.63) is 136 Å². The third-order valence-corrected chi connectivity index (χ3v) is 19.0. The first-order chi connectivity index (χ1) is 46.0. The molecule has 8 rings (SSSR count). The summed E-state index contributed by atoms with van der Waals surface area (Å²) < 4.78 is 66.4. The molecule has 96 heavy (non-hydrogen) atoms. The number of halogens is 2. The Morgan fingerprint density at radius 2 is 1.02 bits per heavy atom.